The summed E-state index contributed by atoms with van der Waals surface area (Å²) in [6, 6.07) is 8.20. The molecule has 1 aromatic carbocycles. The Labute approximate surface area is 114 Å². The van der Waals surface area contributed by atoms with Crippen LogP contribution in [0, 0.1) is 0 Å². The lowest BCUT2D eigenvalue weighted by Gasteiger charge is -2.35. The van der Waals surface area contributed by atoms with Gasteiger partial charge in [0.2, 0.25) is 0 Å². The number of hydrogen-bond acceptors (Lipinski definition) is 3. The normalized spacial score (nSPS) is 18.2. The summed E-state index contributed by atoms with van der Waals surface area (Å²) < 4.78 is 5.39. The molecule has 1 atom stereocenters. The van der Waals surface area contributed by atoms with Crippen molar-refractivity contribution in [2.45, 2.75) is 45.4 Å². The number of carbonyl (C=O) groups is 1. The summed E-state index contributed by atoms with van der Waals surface area (Å²) >= 11 is 0. The van der Waals surface area contributed by atoms with Crippen molar-refractivity contribution in [1.29, 1.82) is 0 Å². The second kappa shape index (κ2) is 5.11. The van der Waals surface area contributed by atoms with Gasteiger partial charge in [0.25, 0.3) is 0 Å². The fourth-order valence-electron chi connectivity index (χ4n) is 2.17. The van der Waals surface area contributed by atoms with Crippen molar-refractivity contribution in [2.75, 3.05) is 12.4 Å². The average molecular weight is 262 g/mol. The molecule has 1 N–H and O–H groups in total. The summed E-state index contributed by atoms with van der Waals surface area (Å²) in [7, 11) is 1.78. The molecule has 104 valence electrons. The molecule has 0 bridgehead atoms. The number of aryl methyl sites for hydroxylation is 1. The summed E-state index contributed by atoms with van der Waals surface area (Å²) in [5.74, 6) is 0. The van der Waals surface area contributed by atoms with Crippen molar-refractivity contribution in [1.82, 2.24) is 4.90 Å². The SMILES string of the molecule is CN(C(=O)OC(C)(C)C)C1CCc2ccccc2N1. The highest BCUT2D eigenvalue weighted by molar-refractivity contribution is 5.69. The van der Waals surface area contributed by atoms with E-state index >= 15 is 0 Å². The van der Waals surface area contributed by atoms with Gasteiger partial charge in [0, 0.05) is 12.7 Å². The Morgan fingerprint density at radius 3 is 2.74 bits per heavy atom. The van der Waals surface area contributed by atoms with E-state index < -0.39 is 5.60 Å². The molecule has 1 unspecified atom stereocenters. The van der Waals surface area contributed by atoms with Gasteiger partial charge >= 0.3 is 6.09 Å². The molecule has 1 aromatic rings. The molecule has 0 aromatic heterocycles. The lowest BCUT2D eigenvalue weighted by molar-refractivity contribution is 0.0234. The van der Waals surface area contributed by atoms with Gasteiger partial charge in [-0.2, -0.15) is 0 Å². The van der Waals surface area contributed by atoms with Gasteiger partial charge < -0.3 is 10.1 Å². The van der Waals surface area contributed by atoms with Crippen LogP contribution in [0.3, 0.4) is 0 Å². The zero-order valence-corrected chi connectivity index (χ0v) is 12.1. The van der Waals surface area contributed by atoms with Crippen LogP contribution in [0.2, 0.25) is 0 Å². The molecule has 0 aliphatic carbocycles. The molecule has 0 saturated carbocycles. The predicted molar refractivity (Wildman–Crippen MR) is 76.2 cm³/mol. The first-order valence-electron chi connectivity index (χ1n) is 6.67. The van der Waals surface area contributed by atoms with E-state index in [1.54, 1.807) is 11.9 Å². The van der Waals surface area contributed by atoms with Crippen molar-refractivity contribution in [2.24, 2.45) is 0 Å². The van der Waals surface area contributed by atoms with Gasteiger partial charge in [0.1, 0.15) is 11.8 Å². The van der Waals surface area contributed by atoms with Crippen LogP contribution in [-0.2, 0) is 11.2 Å². The monoisotopic (exact) mass is 262 g/mol. The fraction of sp³-hybridized carbons (Fsp3) is 0.533. The van der Waals surface area contributed by atoms with E-state index in [1.165, 1.54) is 5.56 Å². The third kappa shape index (κ3) is 3.40. The highest BCUT2D eigenvalue weighted by atomic mass is 16.6. The number of benzene rings is 1. The quantitative estimate of drug-likeness (QED) is 0.844. The van der Waals surface area contributed by atoms with Crippen LogP contribution in [0.25, 0.3) is 0 Å². The van der Waals surface area contributed by atoms with Crippen LogP contribution in [-0.4, -0.2) is 29.8 Å². The van der Waals surface area contributed by atoms with Gasteiger partial charge in [-0.1, -0.05) is 18.2 Å². The topological polar surface area (TPSA) is 41.6 Å². The molecule has 0 spiro atoms. The van der Waals surface area contributed by atoms with E-state index in [0.29, 0.717) is 0 Å². The number of anilines is 1. The molecule has 4 heteroatoms. The summed E-state index contributed by atoms with van der Waals surface area (Å²) in [6.07, 6.45) is 1.57. The summed E-state index contributed by atoms with van der Waals surface area (Å²) in [5, 5.41) is 3.39. The molecule has 1 aliphatic rings. The predicted octanol–water partition coefficient (Wildman–Crippen LogP) is 3.24. The zero-order chi connectivity index (χ0) is 14.0. The number of hydrogen-bond donors (Lipinski definition) is 1. The van der Waals surface area contributed by atoms with Gasteiger partial charge in [-0.15, -0.1) is 0 Å². The zero-order valence-electron chi connectivity index (χ0n) is 12.1. The molecule has 0 saturated heterocycles. The molecular formula is C15H22N2O2. The molecule has 0 radical (unpaired) electrons. The van der Waals surface area contributed by atoms with Crippen molar-refractivity contribution < 1.29 is 9.53 Å². The Morgan fingerprint density at radius 2 is 2.05 bits per heavy atom. The Kier molecular flexibility index (Phi) is 3.69. The summed E-state index contributed by atoms with van der Waals surface area (Å²) in [4.78, 5) is 13.7. The van der Waals surface area contributed by atoms with Crippen molar-refractivity contribution >= 4 is 11.8 Å². The molecule has 1 amide bonds. The number of nitrogens with one attached hydrogen (secondary N) is 1. The largest absolute Gasteiger partial charge is 0.444 e. The third-order valence-corrected chi connectivity index (χ3v) is 3.18. The van der Waals surface area contributed by atoms with Crippen molar-refractivity contribution in [3.63, 3.8) is 0 Å². The van der Waals surface area contributed by atoms with Crippen molar-refractivity contribution in [3.05, 3.63) is 29.8 Å². The van der Waals surface area contributed by atoms with Crippen LogP contribution < -0.4 is 5.32 Å². The smallest absolute Gasteiger partial charge is 0.411 e. The first-order chi connectivity index (χ1) is 8.87. The maximum Gasteiger partial charge on any atom is 0.411 e. The second-order valence-electron chi connectivity index (χ2n) is 5.95. The highest BCUT2D eigenvalue weighted by Crippen LogP contribution is 2.25. The van der Waals surface area contributed by atoms with Gasteiger partial charge in [-0.3, -0.25) is 4.90 Å². The van der Waals surface area contributed by atoms with Gasteiger partial charge in [-0.05, 0) is 45.2 Å². The number of carbonyl (C=O) groups excluding carboxylic acids is 1. The van der Waals surface area contributed by atoms with Crippen LogP contribution in [0.1, 0.15) is 32.8 Å². The lowest BCUT2D eigenvalue weighted by Crippen LogP contribution is -2.46. The summed E-state index contributed by atoms with van der Waals surface area (Å²) in [5.41, 5.74) is 1.95. The molecular weight excluding hydrogens is 240 g/mol. The van der Waals surface area contributed by atoms with E-state index in [9.17, 15) is 4.79 Å². The maximum atomic E-state index is 12.0. The van der Waals surface area contributed by atoms with Gasteiger partial charge in [-0.25, -0.2) is 4.79 Å². The van der Waals surface area contributed by atoms with Crippen LogP contribution in [0.4, 0.5) is 10.5 Å². The summed E-state index contributed by atoms with van der Waals surface area (Å²) in [6.45, 7) is 5.63. The van der Waals surface area contributed by atoms with Gasteiger partial charge in [0.05, 0.1) is 0 Å². The Balaban J connectivity index is 2.02. The molecule has 1 aliphatic heterocycles. The van der Waals surface area contributed by atoms with E-state index in [0.717, 1.165) is 18.5 Å². The Bertz CT molecular complexity index is 465. The Hall–Kier alpha value is -1.71. The Morgan fingerprint density at radius 1 is 1.37 bits per heavy atom. The number of amides is 1. The standard InChI is InChI=1S/C15H22N2O2/c1-15(2,3)19-14(18)17(4)13-10-9-11-7-5-6-8-12(11)16-13/h5-8,13,16H,9-10H2,1-4H3. The third-order valence-electron chi connectivity index (χ3n) is 3.18. The number of fused-ring (bicyclic) bond motifs is 1. The van der Waals surface area contributed by atoms with E-state index in [4.69, 9.17) is 4.74 Å². The number of ether oxygens (including phenoxy) is 1. The minimum atomic E-state index is -0.460. The van der Waals surface area contributed by atoms with Gasteiger partial charge in [0.15, 0.2) is 0 Å². The van der Waals surface area contributed by atoms with E-state index in [1.807, 2.05) is 39.0 Å². The number of para-hydroxylation sites is 1. The molecule has 19 heavy (non-hydrogen) atoms. The lowest BCUT2D eigenvalue weighted by atomic mass is 10.0. The maximum absolute atomic E-state index is 12.0. The molecule has 2 rings (SSSR count). The minimum absolute atomic E-state index is 0.00949. The highest BCUT2D eigenvalue weighted by Gasteiger charge is 2.27. The average Bonchev–Trinajstić information content (AvgIpc) is 2.35. The number of rotatable bonds is 1. The second-order valence-corrected chi connectivity index (χ2v) is 5.95. The van der Waals surface area contributed by atoms with Crippen LogP contribution in [0.5, 0.6) is 0 Å². The molecule has 1 heterocycles. The van der Waals surface area contributed by atoms with Crippen LogP contribution in [0.15, 0.2) is 24.3 Å². The molecule has 0 fully saturated rings. The first kappa shape index (κ1) is 13.7. The fourth-order valence-corrected chi connectivity index (χ4v) is 2.17. The molecule has 4 nitrogen and oxygen atoms in total. The minimum Gasteiger partial charge on any atom is -0.444 e. The first-order valence-corrected chi connectivity index (χ1v) is 6.67. The van der Waals surface area contributed by atoms with E-state index in [2.05, 4.69) is 11.4 Å². The number of nitrogens with zero attached hydrogens (tertiary/aromatic N) is 1. The van der Waals surface area contributed by atoms with Crippen molar-refractivity contribution in [3.8, 4) is 0 Å². The van der Waals surface area contributed by atoms with E-state index in [-0.39, 0.29) is 12.3 Å². The van der Waals surface area contributed by atoms with Crippen LogP contribution >= 0.6 is 0 Å².